The summed E-state index contributed by atoms with van der Waals surface area (Å²) in [7, 11) is -2.82. The quantitative estimate of drug-likeness (QED) is 0.656. The minimum absolute atomic E-state index is 0.242. The standard InChI is InChI=1S/C12H26N2O2S/c1-3-4-12-5-8-14(11-12)9-6-13-7-10-17(2,15)16/h12-13H,3-11H2,1-2H3. The molecule has 1 aliphatic rings. The number of rotatable bonds is 8. The Kier molecular flexibility index (Phi) is 6.44. The Morgan fingerprint density at radius 2 is 2.12 bits per heavy atom. The maximum Gasteiger partial charge on any atom is 0.148 e. The molecule has 4 nitrogen and oxygen atoms in total. The first-order valence-electron chi connectivity index (χ1n) is 6.62. The Bertz CT molecular complexity index is 304. The van der Waals surface area contributed by atoms with Crippen LogP contribution in [0.25, 0.3) is 0 Å². The predicted octanol–water partition coefficient (Wildman–Crippen LogP) is 0.743. The summed E-state index contributed by atoms with van der Waals surface area (Å²) >= 11 is 0. The van der Waals surface area contributed by atoms with Gasteiger partial charge in [-0.3, -0.25) is 0 Å². The summed E-state index contributed by atoms with van der Waals surface area (Å²) in [5.74, 6) is 1.13. The van der Waals surface area contributed by atoms with Gasteiger partial charge in [-0.15, -0.1) is 0 Å². The summed E-state index contributed by atoms with van der Waals surface area (Å²) in [6.45, 7) is 7.19. The molecule has 1 N–H and O–H groups in total. The van der Waals surface area contributed by atoms with Gasteiger partial charge in [0, 0.05) is 32.4 Å². The number of sulfone groups is 1. The zero-order valence-electron chi connectivity index (χ0n) is 11.1. The van der Waals surface area contributed by atoms with Crippen LogP contribution in [0.1, 0.15) is 26.2 Å². The third-order valence-corrected chi connectivity index (χ3v) is 4.27. The van der Waals surface area contributed by atoms with E-state index in [-0.39, 0.29) is 5.75 Å². The number of likely N-dealkylation sites (tertiary alicyclic amines) is 1. The molecule has 1 saturated heterocycles. The van der Waals surface area contributed by atoms with Crippen molar-refractivity contribution >= 4 is 9.84 Å². The summed E-state index contributed by atoms with van der Waals surface area (Å²) in [6.07, 6.45) is 5.24. The van der Waals surface area contributed by atoms with Crippen LogP contribution in [-0.4, -0.2) is 58.1 Å². The van der Waals surface area contributed by atoms with E-state index < -0.39 is 9.84 Å². The van der Waals surface area contributed by atoms with E-state index >= 15 is 0 Å². The Morgan fingerprint density at radius 1 is 1.35 bits per heavy atom. The lowest BCUT2D eigenvalue weighted by molar-refractivity contribution is 0.319. The molecular weight excluding hydrogens is 236 g/mol. The summed E-state index contributed by atoms with van der Waals surface area (Å²) < 4.78 is 21.8. The van der Waals surface area contributed by atoms with Gasteiger partial charge in [-0.1, -0.05) is 13.3 Å². The van der Waals surface area contributed by atoms with E-state index in [1.165, 1.54) is 38.6 Å². The van der Waals surface area contributed by atoms with Crippen molar-refractivity contribution in [3.8, 4) is 0 Å². The number of nitrogens with zero attached hydrogens (tertiary/aromatic N) is 1. The maximum atomic E-state index is 10.9. The highest BCUT2D eigenvalue weighted by molar-refractivity contribution is 7.90. The van der Waals surface area contributed by atoms with Crippen LogP contribution in [0.5, 0.6) is 0 Å². The zero-order chi connectivity index (χ0) is 12.7. The van der Waals surface area contributed by atoms with Gasteiger partial charge in [0.1, 0.15) is 9.84 Å². The first kappa shape index (κ1) is 14.9. The first-order chi connectivity index (χ1) is 8.01. The average molecular weight is 262 g/mol. The van der Waals surface area contributed by atoms with Crippen molar-refractivity contribution < 1.29 is 8.42 Å². The van der Waals surface area contributed by atoms with E-state index in [0.29, 0.717) is 6.54 Å². The van der Waals surface area contributed by atoms with Crippen LogP contribution in [0.15, 0.2) is 0 Å². The minimum atomic E-state index is -2.82. The van der Waals surface area contributed by atoms with Crippen LogP contribution < -0.4 is 5.32 Å². The van der Waals surface area contributed by atoms with Crippen LogP contribution in [0.3, 0.4) is 0 Å². The summed E-state index contributed by atoms with van der Waals surface area (Å²) in [4.78, 5) is 2.48. The van der Waals surface area contributed by atoms with E-state index in [1.807, 2.05) is 0 Å². The van der Waals surface area contributed by atoms with E-state index in [1.54, 1.807) is 0 Å². The van der Waals surface area contributed by atoms with Crippen molar-refractivity contribution in [2.75, 3.05) is 44.7 Å². The highest BCUT2D eigenvalue weighted by Crippen LogP contribution is 2.19. The third-order valence-electron chi connectivity index (χ3n) is 3.32. The van der Waals surface area contributed by atoms with Crippen LogP contribution in [0.4, 0.5) is 0 Å². The van der Waals surface area contributed by atoms with E-state index in [0.717, 1.165) is 19.0 Å². The van der Waals surface area contributed by atoms with Crippen molar-refractivity contribution in [2.45, 2.75) is 26.2 Å². The van der Waals surface area contributed by atoms with Gasteiger partial charge in [0.2, 0.25) is 0 Å². The molecular formula is C12H26N2O2S. The van der Waals surface area contributed by atoms with Gasteiger partial charge in [0.05, 0.1) is 5.75 Å². The first-order valence-corrected chi connectivity index (χ1v) is 8.68. The number of hydrogen-bond acceptors (Lipinski definition) is 4. The monoisotopic (exact) mass is 262 g/mol. The van der Waals surface area contributed by atoms with Gasteiger partial charge in [-0.05, 0) is 25.3 Å². The summed E-state index contributed by atoms with van der Waals surface area (Å²) in [5, 5.41) is 3.19. The molecule has 5 heteroatoms. The lowest BCUT2D eigenvalue weighted by Gasteiger charge is -2.16. The SMILES string of the molecule is CCCC1CCN(CCNCCS(C)(=O)=O)C1. The lowest BCUT2D eigenvalue weighted by atomic mass is 10.0. The summed E-state index contributed by atoms with van der Waals surface area (Å²) in [6, 6.07) is 0. The van der Waals surface area contributed by atoms with Crippen LogP contribution in [-0.2, 0) is 9.84 Å². The van der Waals surface area contributed by atoms with Crippen molar-refractivity contribution in [2.24, 2.45) is 5.92 Å². The predicted molar refractivity (Wildman–Crippen MR) is 72.0 cm³/mol. The molecule has 0 aliphatic carbocycles. The molecule has 1 rings (SSSR count). The summed E-state index contributed by atoms with van der Waals surface area (Å²) in [5.41, 5.74) is 0. The molecule has 1 fully saturated rings. The number of hydrogen-bond donors (Lipinski definition) is 1. The molecule has 0 aromatic heterocycles. The highest BCUT2D eigenvalue weighted by Gasteiger charge is 2.20. The van der Waals surface area contributed by atoms with E-state index in [2.05, 4.69) is 17.1 Å². The molecule has 0 amide bonds. The Labute approximate surface area is 106 Å². The van der Waals surface area contributed by atoms with Crippen molar-refractivity contribution in [3.63, 3.8) is 0 Å². The third kappa shape index (κ3) is 7.01. The largest absolute Gasteiger partial charge is 0.314 e. The molecule has 0 spiro atoms. The van der Waals surface area contributed by atoms with Crippen LogP contribution >= 0.6 is 0 Å². The fraction of sp³-hybridized carbons (Fsp3) is 1.00. The van der Waals surface area contributed by atoms with Crippen LogP contribution in [0, 0.1) is 5.92 Å². The Hall–Kier alpha value is -0.130. The Morgan fingerprint density at radius 3 is 2.76 bits per heavy atom. The second kappa shape index (κ2) is 7.34. The number of nitrogens with one attached hydrogen (secondary N) is 1. The van der Waals surface area contributed by atoms with Gasteiger partial charge in [0.15, 0.2) is 0 Å². The molecule has 17 heavy (non-hydrogen) atoms. The molecule has 1 unspecified atom stereocenters. The molecule has 1 heterocycles. The topological polar surface area (TPSA) is 49.4 Å². The smallest absolute Gasteiger partial charge is 0.148 e. The molecule has 1 aliphatic heterocycles. The van der Waals surface area contributed by atoms with Gasteiger partial charge in [0.25, 0.3) is 0 Å². The lowest BCUT2D eigenvalue weighted by Crippen LogP contribution is -2.32. The minimum Gasteiger partial charge on any atom is -0.314 e. The van der Waals surface area contributed by atoms with Crippen LogP contribution in [0.2, 0.25) is 0 Å². The van der Waals surface area contributed by atoms with Crippen molar-refractivity contribution in [1.29, 1.82) is 0 Å². The second-order valence-corrected chi connectivity index (χ2v) is 7.38. The second-order valence-electron chi connectivity index (χ2n) is 5.12. The molecule has 0 aromatic rings. The molecule has 1 atom stereocenters. The van der Waals surface area contributed by atoms with Crippen molar-refractivity contribution in [1.82, 2.24) is 10.2 Å². The highest BCUT2D eigenvalue weighted by atomic mass is 32.2. The van der Waals surface area contributed by atoms with Gasteiger partial charge >= 0.3 is 0 Å². The van der Waals surface area contributed by atoms with Gasteiger partial charge in [-0.25, -0.2) is 8.42 Å². The fourth-order valence-electron chi connectivity index (χ4n) is 2.38. The van der Waals surface area contributed by atoms with E-state index in [4.69, 9.17) is 0 Å². The van der Waals surface area contributed by atoms with Gasteiger partial charge in [-0.2, -0.15) is 0 Å². The maximum absolute atomic E-state index is 10.9. The molecule has 0 saturated carbocycles. The molecule has 0 aromatic carbocycles. The Balaban J connectivity index is 2.01. The van der Waals surface area contributed by atoms with E-state index in [9.17, 15) is 8.42 Å². The van der Waals surface area contributed by atoms with Crippen molar-refractivity contribution in [3.05, 3.63) is 0 Å². The molecule has 0 radical (unpaired) electrons. The average Bonchev–Trinajstić information content (AvgIpc) is 2.64. The normalized spacial score (nSPS) is 22.1. The molecule has 0 bridgehead atoms. The fourth-order valence-corrected chi connectivity index (χ4v) is 2.89. The van der Waals surface area contributed by atoms with Gasteiger partial charge < -0.3 is 10.2 Å². The zero-order valence-corrected chi connectivity index (χ0v) is 11.9. The molecule has 102 valence electrons.